The van der Waals surface area contributed by atoms with Gasteiger partial charge in [0.2, 0.25) is 5.91 Å². The molecule has 0 saturated carbocycles. The van der Waals surface area contributed by atoms with Gasteiger partial charge >= 0.3 is 0 Å². The Kier molecular flexibility index (Phi) is 5.38. The number of halogens is 1. The maximum absolute atomic E-state index is 13.8. The van der Waals surface area contributed by atoms with E-state index in [0.29, 0.717) is 35.2 Å². The Morgan fingerprint density at radius 1 is 1.18 bits per heavy atom. The standard InChI is InChI=1S/C25H22ClN3O3S/c1-25(24(31)27-14-16-6-4-3-5-7-16)15-28-20(12-17-10-11-33-23(17)28)22(30)29(25)18-8-9-21(32-2)19(26)13-18/h3-13H,14-15H2,1-2H3,(H,27,31)/t25-/m1/s1. The lowest BCUT2D eigenvalue weighted by molar-refractivity contribution is -0.126. The number of anilines is 1. The molecule has 0 radical (unpaired) electrons. The lowest BCUT2D eigenvalue weighted by Crippen LogP contribution is -2.64. The number of hydrogen-bond donors (Lipinski definition) is 1. The molecule has 2 aromatic heterocycles. The SMILES string of the molecule is COc1ccc(N2C(=O)c3cc4ccsc4n3C[C@]2(C)C(=O)NCc2ccccc2)cc1Cl. The number of fused-ring (bicyclic) bond motifs is 3. The van der Waals surface area contributed by atoms with Crippen LogP contribution in [-0.2, 0) is 17.9 Å². The lowest BCUT2D eigenvalue weighted by atomic mass is 9.93. The molecular formula is C25H22ClN3O3S. The summed E-state index contributed by atoms with van der Waals surface area (Å²) in [4.78, 5) is 30.0. The van der Waals surface area contributed by atoms with Crippen molar-refractivity contribution in [3.63, 3.8) is 0 Å². The zero-order valence-corrected chi connectivity index (χ0v) is 19.7. The second-order valence-electron chi connectivity index (χ2n) is 8.20. The number of thiophene rings is 1. The molecule has 3 heterocycles. The van der Waals surface area contributed by atoms with E-state index in [1.165, 1.54) is 7.11 Å². The molecule has 0 spiro atoms. The van der Waals surface area contributed by atoms with Gasteiger partial charge in [0.05, 0.1) is 18.7 Å². The third-order valence-corrected chi connectivity index (χ3v) is 7.31. The first-order valence-electron chi connectivity index (χ1n) is 10.5. The van der Waals surface area contributed by atoms with Crippen molar-refractivity contribution < 1.29 is 14.3 Å². The van der Waals surface area contributed by atoms with Crippen molar-refractivity contribution in [2.45, 2.75) is 25.6 Å². The summed E-state index contributed by atoms with van der Waals surface area (Å²) in [6.45, 7) is 2.49. The first-order chi connectivity index (χ1) is 15.9. The number of hydrogen-bond acceptors (Lipinski definition) is 4. The minimum absolute atomic E-state index is 0.240. The van der Waals surface area contributed by atoms with Gasteiger partial charge in [0.1, 0.15) is 21.8 Å². The van der Waals surface area contributed by atoms with Gasteiger partial charge in [-0.15, -0.1) is 11.3 Å². The lowest BCUT2D eigenvalue weighted by Gasteiger charge is -2.44. The van der Waals surface area contributed by atoms with Crippen LogP contribution in [0.2, 0.25) is 5.02 Å². The first kappa shape index (κ1) is 21.6. The number of carbonyl (C=O) groups excluding carboxylic acids is 2. The van der Waals surface area contributed by atoms with E-state index in [0.717, 1.165) is 15.8 Å². The Hall–Kier alpha value is -3.29. The fourth-order valence-electron chi connectivity index (χ4n) is 4.36. The number of benzene rings is 2. The fourth-order valence-corrected chi connectivity index (χ4v) is 5.51. The van der Waals surface area contributed by atoms with Crippen molar-refractivity contribution in [3.05, 3.63) is 82.3 Å². The Balaban J connectivity index is 1.58. The number of amides is 2. The number of methoxy groups -OCH3 is 1. The fraction of sp³-hybridized carbons (Fsp3) is 0.200. The molecule has 8 heteroatoms. The zero-order valence-electron chi connectivity index (χ0n) is 18.2. The summed E-state index contributed by atoms with van der Waals surface area (Å²) in [6, 6.07) is 18.7. The van der Waals surface area contributed by atoms with Crippen LogP contribution in [0.3, 0.4) is 0 Å². The van der Waals surface area contributed by atoms with Crippen molar-refractivity contribution >= 4 is 50.7 Å². The maximum atomic E-state index is 13.8. The monoisotopic (exact) mass is 479 g/mol. The average molecular weight is 480 g/mol. The summed E-state index contributed by atoms with van der Waals surface area (Å²) >= 11 is 7.95. The number of carbonyl (C=O) groups is 2. The molecule has 0 fully saturated rings. The van der Waals surface area contributed by atoms with Crippen molar-refractivity contribution in [3.8, 4) is 5.75 Å². The van der Waals surface area contributed by atoms with E-state index in [2.05, 4.69) is 5.32 Å². The minimum Gasteiger partial charge on any atom is -0.495 e. The van der Waals surface area contributed by atoms with Gasteiger partial charge in [-0.2, -0.15) is 0 Å². The highest BCUT2D eigenvalue weighted by Crippen LogP contribution is 2.39. The summed E-state index contributed by atoms with van der Waals surface area (Å²) in [5, 5.41) is 6.38. The maximum Gasteiger partial charge on any atom is 0.275 e. The predicted octanol–water partition coefficient (Wildman–Crippen LogP) is 5.10. The molecule has 2 amide bonds. The molecule has 1 N–H and O–H groups in total. The van der Waals surface area contributed by atoms with Gasteiger partial charge in [-0.25, -0.2) is 0 Å². The van der Waals surface area contributed by atoms with Gasteiger partial charge < -0.3 is 14.6 Å². The van der Waals surface area contributed by atoms with Crippen LogP contribution in [0.25, 0.3) is 10.2 Å². The van der Waals surface area contributed by atoms with Gasteiger partial charge in [-0.3, -0.25) is 14.5 Å². The van der Waals surface area contributed by atoms with Gasteiger partial charge in [-0.05, 0) is 48.2 Å². The third kappa shape index (κ3) is 3.57. The number of ether oxygens (including phenoxy) is 1. The summed E-state index contributed by atoms with van der Waals surface area (Å²) in [7, 11) is 1.54. The highest BCUT2D eigenvalue weighted by molar-refractivity contribution is 7.16. The molecule has 33 heavy (non-hydrogen) atoms. The molecule has 4 aromatic rings. The number of nitrogens with zero attached hydrogens (tertiary/aromatic N) is 2. The molecule has 5 rings (SSSR count). The molecule has 1 aliphatic rings. The second kappa shape index (κ2) is 8.24. The Bertz CT molecular complexity index is 1360. The van der Waals surface area contributed by atoms with Gasteiger partial charge in [0.25, 0.3) is 5.91 Å². The normalized spacial score (nSPS) is 17.8. The summed E-state index contributed by atoms with van der Waals surface area (Å²) in [6.07, 6.45) is 0. The largest absolute Gasteiger partial charge is 0.495 e. The topological polar surface area (TPSA) is 63.6 Å². The first-order valence-corrected chi connectivity index (χ1v) is 11.8. The molecule has 0 saturated heterocycles. The van der Waals surface area contributed by atoms with E-state index in [1.54, 1.807) is 41.4 Å². The predicted molar refractivity (Wildman–Crippen MR) is 131 cm³/mol. The summed E-state index contributed by atoms with van der Waals surface area (Å²) < 4.78 is 7.22. The van der Waals surface area contributed by atoms with Crippen molar-refractivity contribution in [2.24, 2.45) is 0 Å². The van der Waals surface area contributed by atoms with E-state index in [-0.39, 0.29) is 11.8 Å². The highest BCUT2D eigenvalue weighted by Gasteiger charge is 2.48. The molecule has 6 nitrogen and oxygen atoms in total. The van der Waals surface area contributed by atoms with E-state index >= 15 is 0 Å². The Morgan fingerprint density at radius 2 is 1.97 bits per heavy atom. The Labute approximate surface area is 200 Å². The number of aromatic nitrogens is 1. The molecule has 168 valence electrons. The van der Waals surface area contributed by atoms with Crippen LogP contribution < -0.4 is 15.0 Å². The van der Waals surface area contributed by atoms with Crippen molar-refractivity contribution in [2.75, 3.05) is 12.0 Å². The number of nitrogens with one attached hydrogen (secondary N) is 1. The molecule has 0 bridgehead atoms. The minimum atomic E-state index is -1.17. The van der Waals surface area contributed by atoms with Crippen LogP contribution in [0.5, 0.6) is 5.75 Å². The molecular weight excluding hydrogens is 458 g/mol. The van der Waals surface area contributed by atoms with Crippen LogP contribution in [-0.4, -0.2) is 29.0 Å². The van der Waals surface area contributed by atoms with Crippen LogP contribution in [0.1, 0.15) is 23.0 Å². The smallest absolute Gasteiger partial charge is 0.275 e. The van der Waals surface area contributed by atoms with Gasteiger partial charge in [0.15, 0.2) is 0 Å². The Morgan fingerprint density at radius 3 is 2.70 bits per heavy atom. The van der Waals surface area contributed by atoms with Gasteiger partial charge in [-0.1, -0.05) is 41.9 Å². The van der Waals surface area contributed by atoms with Gasteiger partial charge in [0, 0.05) is 17.6 Å². The van der Waals surface area contributed by atoms with Crippen molar-refractivity contribution in [1.82, 2.24) is 9.88 Å². The van der Waals surface area contributed by atoms with Crippen molar-refractivity contribution in [1.29, 1.82) is 0 Å². The van der Waals surface area contributed by atoms with E-state index in [4.69, 9.17) is 16.3 Å². The van der Waals surface area contributed by atoms with Crippen LogP contribution in [0.15, 0.2) is 66.0 Å². The summed E-state index contributed by atoms with van der Waals surface area (Å²) in [5.41, 5.74) is 0.904. The van der Waals surface area contributed by atoms with Crippen LogP contribution in [0.4, 0.5) is 5.69 Å². The van der Waals surface area contributed by atoms with E-state index < -0.39 is 5.54 Å². The third-order valence-electron chi connectivity index (χ3n) is 6.06. The molecule has 0 unspecified atom stereocenters. The quantitative estimate of drug-likeness (QED) is 0.433. The van der Waals surface area contributed by atoms with E-state index in [1.807, 2.05) is 52.4 Å². The van der Waals surface area contributed by atoms with Crippen LogP contribution in [0, 0.1) is 0 Å². The second-order valence-corrected chi connectivity index (χ2v) is 9.50. The molecule has 1 aliphatic heterocycles. The average Bonchev–Trinajstić information content (AvgIpc) is 3.41. The van der Waals surface area contributed by atoms with E-state index in [9.17, 15) is 9.59 Å². The molecule has 0 aliphatic carbocycles. The highest BCUT2D eigenvalue weighted by atomic mass is 35.5. The van der Waals surface area contributed by atoms with Crippen LogP contribution >= 0.6 is 22.9 Å². The number of rotatable bonds is 5. The molecule has 2 aromatic carbocycles. The zero-order chi connectivity index (χ0) is 23.2. The summed E-state index contributed by atoms with van der Waals surface area (Å²) in [5.74, 6) is 0.0166. The molecule has 1 atom stereocenters.